The van der Waals surface area contributed by atoms with E-state index in [2.05, 4.69) is 11.0 Å². The molecule has 1 amide bonds. The fourth-order valence-corrected chi connectivity index (χ4v) is 9.22. The van der Waals surface area contributed by atoms with Crippen LogP contribution in [0.3, 0.4) is 0 Å². The van der Waals surface area contributed by atoms with E-state index in [0.29, 0.717) is 48.8 Å². The topological polar surface area (TPSA) is 68.3 Å². The summed E-state index contributed by atoms with van der Waals surface area (Å²) in [6, 6.07) is 8.66. The van der Waals surface area contributed by atoms with E-state index in [1.165, 1.54) is 43.5 Å². The molecule has 2 heterocycles. The number of likely N-dealkylation sites (tertiary alicyclic amines) is 1. The molecule has 2 bridgehead atoms. The van der Waals surface area contributed by atoms with Gasteiger partial charge in [0.05, 0.1) is 30.2 Å². The van der Waals surface area contributed by atoms with Crippen molar-refractivity contribution in [3.05, 3.63) is 64.7 Å². The molecule has 1 spiro atoms. The number of hydrogen-bond donors (Lipinski definition) is 0. The standard InChI is InChI=1S/C37H43F3N2O5/c1-22(2)20-42(31(44)13-10-24-6-5-7-27(18-24)37(38,39)40)28-14-15-36(47-23(3)43)30-19-26-11-12-29(45-4)33-32(26)35(36,34(28)46-33)16-17-41(30)21-25-8-9-25/h5-7,10-13,18,22,25,28,30,34H,8-9,14-17,19-21H2,1-4H3/b13-10+/t28?,30-,34?,35+,36-/m1/s1. The van der Waals surface area contributed by atoms with Crippen molar-refractivity contribution in [1.82, 2.24) is 9.80 Å². The van der Waals surface area contributed by atoms with Gasteiger partial charge in [-0.3, -0.25) is 14.5 Å². The van der Waals surface area contributed by atoms with Gasteiger partial charge in [0.2, 0.25) is 5.91 Å². The largest absolute Gasteiger partial charge is 0.493 e. The lowest BCUT2D eigenvalue weighted by Crippen LogP contribution is -2.79. The highest BCUT2D eigenvalue weighted by molar-refractivity contribution is 5.92. The minimum Gasteiger partial charge on any atom is -0.493 e. The van der Waals surface area contributed by atoms with Crippen molar-refractivity contribution in [2.45, 2.75) is 94.7 Å². The Morgan fingerprint density at radius 1 is 1.15 bits per heavy atom. The summed E-state index contributed by atoms with van der Waals surface area (Å²) in [7, 11) is 1.62. The second-order valence-corrected chi connectivity index (χ2v) is 14.5. The molecule has 7 rings (SSSR count). The maximum absolute atomic E-state index is 14.1. The van der Waals surface area contributed by atoms with Crippen LogP contribution in [0.5, 0.6) is 11.5 Å². The zero-order valence-electron chi connectivity index (χ0n) is 27.4. The molecule has 5 atom stereocenters. The van der Waals surface area contributed by atoms with Gasteiger partial charge in [-0.05, 0) is 92.3 Å². The van der Waals surface area contributed by atoms with Crippen molar-refractivity contribution in [3.8, 4) is 11.5 Å². The summed E-state index contributed by atoms with van der Waals surface area (Å²) in [5.74, 6) is 1.46. The highest BCUT2D eigenvalue weighted by Crippen LogP contribution is 2.67. The van der Waals surface area contributed by atoms with E-state index >= 15 is 0 Å². The predicted octanol–water partition coefficient (Wildman–Crippen LogP) is 6.42. The van der Waals surface area contributed by atoms with E-state index in [9.17, 15) is 22.8 Å². The minimum atomic E-state index is -4.48. The molecule has 2 aromatic rings. The van der Waals surface area contributed by atoms with Gasteiger partial charge in [0, 0.05) is 31.7 Å². The Balaban J connectivity index is 1.31. The molecule has 2 aromatic carbocycles. The summed E-state index contributed by atoms with van der Waals surface area (Å²) in [6.07, 6.45) is 2.86. The van der Waals surface area contributed by atoms with Crippen molar-refractivity contribution < 1.29 is 37.0 Å². The van der Waals surface area contributed by atoms with Gasteiger partial charge < -0.3 is 19.1 Å². The molecule has 47 heavy (non-hydrogen) atoms. The fourth-order valence-electron chi connectivity index (χ4n) is 9.22. The molecule has 2 aliphatic heterocycles. The van der Waals surface area contributed by atoms with Crippen LogP contribution in [-0.2, 0) is 32.3 Å². The van der Waals surface area contributed by atoms with Crippen LogP contribution in [0.15, 0.2) is 42.5 Å². The third-order valence-corrected chi connectivity index (χ3v) is 11.1. The lowest BCUT2D eigenvalue weighted by molar-refractivity contribution is -0.224. The molecular formula is C37H43F3N2O5. The normalized spacial score (nSPS) is 29.4. The molecule has 0 aromatic heterocycles. The van der Waals surface area contributed by atoms with E-state index in [0.717, 1.165) is 37.2 Å². The molecule has 0 radical (unpaired) electrons. The van der Waals surface area contributed by atoms with Gasteiger partial charge in [-0.25, -0.2) is 0 Å². The van der Waals surface area contributed by atoms with Crippen molar-refractivity contribution >= 4 is 18.0 Å². The predicted molar refractivity (Wildman–Crippen MR) is 170 cm³/mol. The minimum absolute atomic E-state index is 0.0188. The number of amides is 1. The summed E-state index contributed by atoms with van der Waals surface area (Å²) in [5, 5.41) is 0. The van der Waals surface area contributed by atoms with Crippen LogP contribution in [0.2, 0.25) is 0 Å². The Kier molecular flexibility index (Phi) is 7.88. The molecule has 3 fully saturated rings. The molecule has 2 unspecified atom stereocenters. The first-order valence-corrected chi connectivity index (χ1v) is 16.8. The van der Waals surface area contributed by atoms with Crippen LogP contribution in [0.25, 0.3) is 6.08 Å². The molecule has 7 nitrogen and oxygen atoms in total. The van der Waals surface area contributed by atoms with Crippen LogP contribution in [-0.4, -0.2) is 72.2 Å². The van der Waals surface area contributed by atoms with Gasteiger partial charge in [-0.15, -0.1) is 0 Å². The van der Waals surface area contributed by atoms with Crippen LogP contribution >= 0.6 is 0 Å². The Bertz CT molecular complexity index is 1600. The van der Waals surface area contributed by atoms with Gasteiger partial charge in [0.25, 0.3) is 0 Å². The lowest BCUT2D eigenvalue weighted by Gasteiger charge is -2.65. The quantitative estimate of drug-likeness (QED) is 0.230. The number of hydrogen-bond acceptors (Lipinski definition) is 6. The average Bonchev–Trinajstić information content (AvgIpc) is 3.77. The number of piperidine rings is 1. The molecule has 252 valence electrons. The van der Waals surface area contributed by atoms with Crippen LogP contribution in [0, 0.1) is 11.8 Å². The molecule has 2 saturated carbocycles. The molecule has 5 aliphatic rings. The number of methoxy groups -OCH3 is 1. The molecule has 10 heteroatoms. The first-order valence-electron chi connectivity index (χ1n) is 16.8. The second kappa shape index (κ2) is 11.6. The first kappa shape index (κ1) is 32.0. The monoisotopic (exact) mass is 652 g/mol. The van der Waals surface area contributed by atoms with Crippen LogP contribution in [0.4, 0.5) is 13.2 Å². The third kappa shape index (κ3) is 5.22. The lowest BCUT2D eigenvalue weighted by atomic mass is 9.48. The highest BCUT2D eigenvalue weighted by Gasteiger charge is 2.76. The Morgan fingerprint density at radius 2 is 1.94 bits per heavy atom. The van der Waals surface area contributed by atoms with E-state index in [-0.39, 0.29) is 29.9 Å². The third-order valence-electron chi connectivity index (χ3n) is 11.1. The van der Waals surface area contributed by atoms with Crippen molar-refractivity contribution in [1.29, 1.82) is 0 Å². The number of rotatable bonds is 9. The molecule has 0 N–H and O–H groups in total. The number of carbonyl (C=O) groups excluding carboxylic acids is 2. The van der Waals surface area contributed by atoms with Gasteiger partial charge >= 0.3 is 12.1 Å². The number of ether oxygens (including phenoxy) is 3. The number of alkyl halides is 3. The summed E-state index contributed by atoms with van der Waals surface area (Å²) in [4.78, 5) is 31.5. The van der Waals surface area contributed by atoms with Crippen LogP contribution < -0.4 is 9.47 Å². The number of benzene rings is 2. The summed E-state index contributed by atoms with van der Waals surface area (Å²) >= 11 is 0. The zero-order chi connectivity index (χ0) is 33.3. The molecule has 1 saturated heterocycles. The maximum atomic E-state index is 14.1. The average molecular weight is 653 g/mol. The van der Waals surface area contributed by atoms with Crippen LogP contribution in [0.1, 0.15) is 75.1 Å². The fraction of sp³-hybridized carbons (Fsp3) is 0.568. The van der Waals surface area contributed by atoms with Crippen molar-refractivity contribution in [3.63, 3.8) is 0 Å². The second-order valence-electron chi connectivity index (χ2n) is 14.5. The first-order chi connectivity index (χ1) is 22.4. The van der Waals surface area contributed by atoms with E-state index in [1.54, 1.807) is 13.2 Å². The van der Waals surface area contributed by atoms with Crippen molar-refractivity contribution in [2.24, 2.45) is 11.8 Å². The van der Waals surface area contributed by atoms with E-state index in [1.807, 2.05) is 24.8 Å². The smallest absolute Gasteiger partial charge is 0.416 e. The zero-order valence-corrected chi connectivity index (χ0v) is 27.4. The van der Waals surface area contributed by atoms with E-state index in [4.69, 9.17) is 14.2 Å². The number of halogens is 3. The van der Waals surface area contributed by atoms with Gasteiger partial charge in [0.15, 0.2) is 11.5 Å². The van der Waals surface area contributed by atoms with Gasteiger partial charge in [-0.1, -0.05) is 32.0 Å². The maximum Gasteiger partial charge on any atom is 0.416 e. The number of esters is 1. The molecular weight excluding hydrogens is 609 g/mol. The highest BCUT2D eigenvalue weighted by atomic mass is 19.4. The van der Waals surface area contributed by atoms with Crippen molar-refractivity contribution in [2.75, 3.05) is 26.7 Å². The number of carbonyl (C=O) groups is 2. The summed E-state index contributed by atoms with van der Waals surface area (Å²) in [5.41, 5.74) is 0.226. The SMILES string of the molecule is COc1ccc2c3c1OC1C(N(CC(C)C)C(=O)/C=C/c4cccc(C(F)(F)F)c4)CC[C@@]4(OC(C)=O)[C@@H](C2)N(CC2CC2)CC[C@]314. The van der Waals surface area contributed by atoms with Gasteiger partial charge in [0.1, 0.15) is 11.7 Å². The Hall–Kier alpha value is -3.53. The number of nitrogens with zero attached hydrogens (tertiary/aromatic N) is 2. The Labute approximate surface area is 274 Å². The Morgan fingerprint density at radius 3 is 2.62 bits per heavy atom. The summed E-state index contributed by atoms with van der Waals surface area (Å²) in [6.45, 7) is 7.82. The van der Waals surface area contributed by atoms with E-state index < -0.39 is 28.9 Å². The summed E-state index contributed by atoms with van der Waals surface area (Å²) < 4.78 is 59.6. The van der Waals surface area contributed by atoms with Gasteiger partial charge in [-0.2, -0.15) is 13.2 Å². The molecule has 3 aliphatic carbocycles.